The molecule has 0 amide bonds. The Bertz CT molecular complexity index is 942. The van der Waals surface area contributed by atoms with Crippen molar-refractivity contribution >= 4 is 44.6 Å². The number of nitrogens with one attached hydrogen (secondary N) is 1. The minimum Gasteiger partial charge on any atom is -0.356 e. The van der Waals surface area contributed by atoms with Crippen molar-refractivity contribution in [3.05, 3.63) is 56.4 Å². The van der Waals surface area contributed by atoms with Gasteiger partial charge in [-0.15, -0.1) is 0 Å². The van der Waals surface area contributed by atoms with Crippen LogP contribution in [0.4, 0.5) is 24.5 Å². The molecule has 2 aromatic rings. The summed E-state index contributed by atoms with van der Waals surface area (Å²) in [5.41, 5.74) is -2.97. The van der Waals surface area contributed by atoms with E-state index in [0.29, 0.717) is 10.5 Å². The predicted octanol–water partition coefficient (Wildman–Crippen LogP) is 3.80. The number of alkyl halides is 3. The molecule has 11 heteroatoms. The Kier molecular flexibility index (Phi) is 4.89. The molecule has 0 saturated carbocycles. The molecule has 5 nitrogen and oxygen atoms in total. The Balaban J connectivity index is 2.67. The molecule has 1 aromatic heterocycles. The fraction of sp³-hybridized carbons (Fsp3) is 0.154. The Hall–Kier alpha value is -1.71. The zero-order chi connectivity index (χ0) is 18.3. The van der Waals surface area contributed by atoms with Gasteiger partial charge in [0.15, 0.2) is 0 Å². The Morgan fingerprint density at radius 2 is 1.75 bits per heavy atom. The minimum absolute atomic E-state index is 0.0196. The summed E-state index contributed by atoms with van der Waals surface area (Å²) >= 11 is 11.6. The molecule has 0 radical (unpaired) electrons. The molecular formula is C13H9Cl2F3N2O3S. The molecule has 0 aliphatic heterocycles. The third kappa shape index (κ3) is 3.85. The van der Waals surface area contributed by atoms with E-state index < -0.39 is 33.0 Å². The van der Waals surface area contributed by atoms with E-state index in [2.05, 4.69) is 0 Å². The van der Waals surface area contributed by atoms with E-state index in [0.717, 1.165) is 6.26 Å². The number of halogens is 5. The number of anilines is 2. The lowest BCUT2D eigenvalue weighted by Crippen LogP contribution is -2.30. The lowest BCUT2D eigenvalue weighted by molar-refractivity contribution is -0.141. The first kappa shape index (κ1) is 18.6. The van der Waals surface area contributed by atoms with Gasteiger partial charge in [-0.1, -0.05) is 23.2 Å². The van der Waals surface area contributed by atoms with Crippen LogP contribution < -0.4 is 9.73 Å². The third-order valence-corrected chi connectivity index (χ3v) is 4.70. The number of aromatic amines is 1. The molecule has 24 heavy (non-hydrogen) atoms. The zero-order valence-electron chi connectivity index (χ0n) is 11.9. The first-order valence-corrected chi connectivity index (χ1v) is 8.77. The van der Waals surface area contributed by atoms with Gasteiger partial charge in [0.25, 0.3) is 0 Å². The maximum absolute atomic E-state index is 12.6. The fourth-order valence-corrected chi connectivity index (χ4v) is 3.20. The summed E-state index contributed by atoms with van der Waals surface area (Å²) in [5.74, 6) is 0. The maximum Gasteiger partial charge on any atom is 0.431 e. The SMILES string of the molecule is CS(=O)(=O)N(c1ccc(Cl)c(Cl)c1)c1c[nH]c(C(F)(F)F)cc1=O. The van der Waals surface area contributed by atoms with Gasteiger partial charge in [0, 0.05) is 12.3 Å². The highest BCUT2D eigenvalue weighted by Gasteiger charge is 2.33. The van der Waals surface area contributed by atoms with Crippen LogP contribution in [0.2, 0.25) is 10.0 Å². The number of aromatic nitrogens is 1. The molecule has 0 aliphatic rings. The molecule has 130 valence electrons. The van der Waals surface area contributed by atoms with E-state index >= 15 is 0 Å². The van der Waals surface area contributed by atoms with Crippen LogP contribution in [0.3, 0.4) is 0 Å². The molecule has 2 rings (SSSR count). The summed E-state index contributed by atoms with van der Waals surface area (Å²) in [5, 5.41) is 0.168. The van der Waals surface area contributed by atoms with Crippen LogP contribution in [0.25, 0.3) is 0 Å². The van der Waals surface area contributed by atoms with Gasteiger partial charge in [0.2, 0.25) is 15.5 Å². The smallest absolute Gasteiger partial charge is 0.356 e. The van der Waals surface area contributed by atoms with Crippen LogP contribution >= 0.6 is 23.2 Å². The second-order valence-electron chi connectivity index (χ2n) is 4.72. The quantitative estimate of drug-likeness (QED) is 0.851. The summed E-state index contributed by atoms with van der Waals surface area (Å²) < 4.78 is 62.5. The summed E-state index contributed by atoms with van der Waals surface area (Å²) in [7, 11) is -4.04. The molecule has 1 heterocycles. The number of pyridine rings is 1. The summed E-state index contributed by atoms with van der Waals surface area (Å²) in [6.07, 6.45) is -3.29. The molecule has 0 unspecified atom stereocenters. The van der Waals surface area contributed by atoms with Gasteiger partial charge in [-0.05, 0) is 18.2 Å². The molecule has 1 N–H and O–H groups in total. The average molecular weight is 401 g/mol. The molecule has 0 aliphatic carbocycles. The lowest BCUT2D eigenvalue weighted by atomic mass is 10.2. The minimum atomic E-state index is -4.77. The maximum atomic E-state index is 12.6. The molecule has 1 aromatic carbocycles. The van der Waals surface area contributed by atoms with E-state index in [4.69, 9.17) is 23.2 Å². The van der Waals surface area contributed by atoms with Crippen LogP contribution in [0, 0.1) is 0 Å². The van der Waals surface area contributed by atoms with Crippen molar-refractivity contribution in [3.8, 4) is 0 Å². The van der Waals surface area contributed by atoms with E-state index in [9.17, 15) is 26.4 Å². The predicted molar refractivity (Wildman–Crippen MR) is 85.5 cm³/mol. The molecule has 0 fully saturated rings. The Morgan fingerprint density at radius 1 is 1.12 bits per heavy atom. The molecular weight excluding hydrogens is 392 g/mol. The number of rotatable bonds is 3. The van der Waals surface area contributed by atoms with E-state index in [1.54, 1.807) is 0 Å². The van der Waals surface area contributed by atoms with Crippen LogP contribution in [-0.4, -0.2) is 19.7 Å². The monoisotopic (exact) mass is 400 g/mol. The molecule has 0 bridgehead atoms. The first-order valence-electron chi connectivity index (χ1n) is 6.16. The van der Waals surface area contributed by atoms with Gasteiger partial charge in [-0.3, -0.25) is 4.79 Å². The van der Waals surface area contributed by atoms with E-state index in [1.165, 1.54) is 18.2 Å². The molecule has 0 atom stereocenters. The third-order valence-electron chi connectivity index (χ3n) is 2.89. The highest BCUT2D eigenvalue weighted by atomic mass is 35.5. The second kappa shape index (κ2) is 6.30. The van der Waals surface area contributed by atoms with Crippen LogP contribution in [0.1, 0.15) is 5.69 Å². The van der Waals surface area contributed by atoms with Crippen LogP contribution in [-0.2, 0) is 16.2 Å². The van der Waals surface area contributed by atoms with Crippen molar-refractivity contribution in [3.63, 3.8) is 0 Å². The number of hydrogen-bond donors (Lipinski definition) is 1. The van der Waals surface area contributed by atoms with Crippen molar-refractivity contribution in [2.24, 2.45) is 0 Å². The van der Waals surface area contributed by atoms with Gasteiger partial charge in [0.05, 0.1) is 22.0 Å². The second-order valence-corrected chi connectivity index (χ2v) is 7.37. The van der Waals surface area contributed by atoms with Crippen molar-refractivity contribution in [1.29, 1.82) is 0 Å². The highest BCUT2D eigenvalue weighted by molar-refractivity contribution is 7.92. The summed E-state index contributed by atoms with van der Waals surface area (Å²) in [6, 6.07) is 4.04. The number of nitrogens with zero attached hydrogens (tertiary/aromatic N) is 1. The number of hydrogen-bond acceptors (Lipinski definition) is 3. The number of sulfonamides is 1. The van der Waals surface area contributed by atoms with Crippen LogP contribution in [0.5, 0.6) is 0 Å². The van der Waals surface area contributed by atoms with Gasteiger partial charge in [-0.25, -0.2) is 12.7 Å². The zero-order valence-corrected chi connectivity index (χ0v) is 14.2. The fourth-order valence-electron chi connectivity index (χ4n) is 1.91. The van der Waals surface area contributed by atoms with Gasteiger partial charge < -0.3 is 4.98 Å². The van der Waals surface area contributed by atoms with Crippen molar-refractivity contribution in [2.45, 2.75) is 6.18 Å². The first-order chi connectivity index (χ1) is 10.9. The molecule has 0 saturated heterocycles. The average Bonchev–Trinajstić information content (AvgIpc) is 2.42. The van der Waals surface area contributed by atoms with Crippen molar-refractivity contribution in [2.75, 3.05) is 10.6 Å². The number of H-pyrrole nitrogens is 1. The van der Waals surface area contributed by atoms with Gasteiger partial charge in [-0.2, -0.15) is 13.2 Å². The molecule has 0 spiro atoms. The largest absolute Gasteiger partial charge is 0.431 e. The standard InChI is InChI=1S/C13H9Cl2F3N2O3S/c1-24(22,23)20(7-2-3-8(14)9(15)4-7)10-6-19-12(5-11(10)21)13(16,17)18/h2-6H,1H3,(H,19,21). The van der Waals surface area contributed by atoms with Crippen molar-refractivity contribution < 1.29 is 21.6 Å². The normalized spacial score (nSPS) is 12.2. The van der Waals surface area contributed by atoms with Crippen molar-refractivity contribution in [1.82, 2.24) is 4.98 Å². The topological polar surface area (TPSA) is 70.2 Å². The van der Waals surface area contributed by atoms with Gasteiger partial charge >= 0.3 is 6.18 Å². The van der Waals surface area contributed by atoms with E-state index in [-0.39, 0.29) is 21.8 Å². The lowest BCUT2D eigenvalue weighted by Gasteiger charge is -2.22. The van der Waals surface area contributed by atoms with Crippen LogP contribution in [0.15, 0.2) is 35.3 Å². The highest BCUT2D eigenvalue weighted by Crippen LogP contribution is 2.33. The van der Waals surface area contributed by atoms with Gasteiger partial charge in [0.1, 0.15) is 11.4 Å². The Labute approximate surface area is 144 Å². The van der Waals surface area contributed by atoms with E-state index in [1.807, 2.05) is 4.98 Å². The summed E-state index contributed by atoms with van der Waals surface area (Å²) in [6.45, 7) is 0. The summed E-state index contributed by atoms with van der Waals surface area (Å²) in [4.78, 5) is 13.9. The Morgan fingerprint density at radius 3 is 2.21 bits per heavy atom. The number of benzene rings is 1.